The van der Waals surface area contributed by atoms with Gasteiger partial charge < -0.3 is 16.4 Å². The molecule has 1 aliphatic carbocycles. The number of aryl methyl sites for hydroxylation is 1. The molecular formula is C18H28ClN3O2. The summed E-state index contributed by atoms with van der Waals surface area (Å²) in [6.07, 6.45) is 3.86. The second-order valence-electron chi connectivity index (χ2n) is 6.72. The Morgan fingerprint density at radius 2 is 1.96 bits per heavy atom. The van der Waals surface area contributed by atoms with Gasteiger partial charge in [0.2, 0.25) is 5.91 Å². The first kappa shape index (κ1) is 20.5. The molecule has 1 aromatic rings. The maximum atomic E-state index is 12.3. The van der Waals surface area contributed by atoms with E-state index in [0.29, 0.717) is 18.7 Å². The fourth-order valence-electron chi connectivity index (χ4n) is 3.16. The molecule has 0 saturated heterocycles. The number of nitrogens with one attached hydrogen (secondary N) is 2. The molecule has 2 rings (SSSR count). The van der Waals surface area contributed by atoms with Crippen LogP contribution in [-0.2, 0) is 4.79 Å². The van der Waals surface area contributed by atoms with Gasteiger partial charge in [0.15, 0.2) is 0 Å². The summed E-state index contributed by atoms with van der Waals surface area (Å²) >= 11 is 0. The van der Waals surface area contributed by atoms with Crippen LogP contribution < -0.4 is 16.4 Å². The molecule has 1 saturated carbocycles. The molecule has 5 nitrogen and oxygen atoms in total. The molecule has 2 atom stereocenters. The molecule has 24 heavy (non-hydrogen) atoms. The van der Waals surface area contributed by atoms with Crippen molar-refractivity contribution in [3.05, 3.63) is 35.4 Å². The van der Waals surface area contributed by atoms with Crippen molar-refractivity contribution in [2.45, 2.75) is 45.1 Å². The van der Waals surface area contributed by atoms with Crippen molar-refractivity contribution < 1.29 is 9.59 Å². The maximum Gasteiger partial charge on any atom is 0.251 e. The molecule has 2 amide bonds. The molecule has 0 heterocycles. The van der Waals surface area contributed by atoms with Crippen LogP contribution in [0.25, 0.3) is 0 Å². The Morgan fingerprint density at radius 1 is 1.25 bits per heavy atom. The third-order valence-corrected chi connectivity index (χ3v) is 4.56. The predicted molar refractivity (Wildman–Crippen MR) is 98.3 cm³/mol. The molecule has 0 aliphatic heterocycles. The van der Waals surface area contributed by atoms with Crippen LogP contribution in [0.3, 0.4) is 0 Å². The number of carbonyl (C=O) groups is 2. The summed E-state index contributed by atoms with van der Waals surface area (Å²) in [5.41, 5.74) is 7.50. The summed E-state index contributed by atoms with van der Waals surface area (Å²) in [6, 6.07) is 7.43. The molecular weight excluding hydrogens is 326 g/mol. The second kappa shape index (κ2) is 9.04. The summed E-state index contributed by atoms with van der Waals surface area (Å²) < 4.78 is 0. The van der Waals surface area contributed by atoms with Crippen molar-refractivity contribution in [1.29, 1.82) is 0 Å². The van der Waals surface area contributed by atoms with E-state index in [-0.39, 0.29) is 30.1 Å². The average Bonchev–Trinajstić information content (AvgIpc) is 2.50. The Bertz CT molecular complexity index is 575. The van der Waals surface area contributed by atoms with Crippen molar-refractivity contribution in [1.82, 2.24) is 10.6 Å². The van der Waals surface area contributed by atoms with Crippen molar-refractivity contribution in [2.75, 3.05) is 13.1 Å². The Balaban J connectivity index is 0.00000288. The highest BCUT2D eigenvalue weighted by molar-refractivity contribution is 5.94. The predicted octanol–water partition coefficient (Wildman–Crippen LogP) is 2.17. The monoisotopic (exact) mass is 353 g/mol. The minimum absolute atomic E-state index is 0. The van der Waals surface area contributed by atoms with Gasteiger partial charge in [0.1, 0.15) is 0 Å². The second-order valence-corrected chi connectivity index (χ2v) is 6.72. The van der Waals surface area contributed by atoms with Gasteiger partial charge in [-0.25, -0.2) is 0 Å². The van der Waals surface area contributed by atoms with Gasteiger partial charge in [0.05, 0.1) is 5.92 Å². The summed E-state index contributed by atoms with van der Waals surface area (Å²) in [6.45, 7) is 4.73. The zero-order valence-corrected chi connectivity index (χ0v) is 15.2. The lowest BCUT2D eigenvalue weighted by Gasteiger charge is -2.37. The van der Waals surface area contributed by atoms with Gasteiger partial charge in [-0.1, -0.05) is 30.5 Å². The van der Waals surface area contributed by atoms with Gasteiger partial charge in [0, 0.05) is 24.2 Å². The Kier molecular flexibility index (Phi) is 7.70. The first-order valence-corrected chi connectivity index (χ1v) is 8.31. The maximum absolute atomic E-state index is 12.3. The molecule has 2 unspecified atom stereocenters. The topological polar surface area (TPSA) is 84.2 Å². The number of hydrogen-bond acceptors (Lipinski definition) is 3. The zero-order chi connectivity index (χ0) is 16.9. The Labute approximate surface area is 150 Å². The summed E-state index contributed by atoms with van der Waals surface area (Å²) in [5.74, 6) is -0.257. The number of halogens is 1. The van der Waals surface area contributed by atoms with Gasteiger partial charge in [-0.15, -0.1) is 12.4 Å². The summed E-state index contributed by atoms with van der Waals surface area (Å²) in [5, 5.41) is 5.71. The van der Waals surface area contributed by atoms with Gasteiger partial charge >= 0.3 is 0 Å². The van der Waals surface area contributed by atoms with Crippen LogP contribution in [-0.4, -0.2) is 30.4 Å². The fraction of sp³-hybridized carbons (Fsp3) is 0.556. The molecule has 1 fully saturated rings. The van der Waals surface area contributed by atoms with Crippen LogP contribution >= 0.6 is 12.4 Å². The van der Waals surface area contributed by atoms with E-state index in [2.05, 4.69) is 10.6 Å². The normalized spacial score (nSPS) is 23.0. The van der Waals surface area contributed by atoms with E-state index in [1.54, 1.807) is 6.07 Å². The molecule has 4 N–H and O–H groups in total. The molecule has 1 aromatic carbocycles. The molecule has 0 spiro atoms. The lowest BCUT2D eigenvalue weighted by atomic mass is 9.74. The van der Waals surface area contributed by atoms with Crippen LogP contribution in [0.15, 0.2) is 24.3 Å². The van der Waals surface area contributed by atoms with Crippen LogP contribution in [0.2, 0.25) is 0 Å². The standard InChI is InChI=1S/C18H27N3O2.ClH/c1-13-6-5-7-14(12-13)16(22)20-10-11-21-17(23)15-8-3-4-9-18(15,2)19;/h5-7,12,15H,3-4,8-11,19H2,1-2H3,(H,20,22)(H,21,23);1H. The Morgan fingerprint density at radius 3 is 2.62 bits per heavy atom. The van der Waals surface area contributed by atoms with E-state index in [1.165, 1.54) is 0 Å². The van der Waals surface area contributed by atoms with E-state index in [9.17, 15) is 9.59 Å². The average molecular weight is 354 g/mol. The van der Waals surface area contributed by atoms with E-state index in [0.717, 1.165) is 31.2 Å². The summed E-state index contributed by atoms with van der Waals surface area (Å²) in [4.78, 5) is 24.3. The van der Waals surface area contributed by atoms with Crippen LogP contribution in [0.4, 0.5) is 0 Å². The molecule has 0 bridgehead atoms. The SMILES string of the molecule is Cc1cccc(C(=O)NCCNC(=O)C2CCCCC2(C)N)c1.Cl. The smallest absolute Gasteiger partial charge is 0.251 e. The lowest BCUT2D eigenvalue weighted by Crippen LogP contribution is -2.53. The number of carbonyl (C=O) groups excluding carboxylic acids is 2. The van der Waals surface area contributed by atoms with E-state index < -0.39 is 5.54 Å². The van der Waals surface area contributed by atoms with Crippen molar-refractivity contribution >= 4 is 24.2 Å². The van der Waals surface area contributed by atoms with Gasteiger partial charge in [-0.2, -0.15) is 0 Å². The molecule has 0 radical (unpaired) electrons. The number of hydrogen-bond donors (Lipinski definition) is 3. The van der Waals surface area contributed by atoms with Crippen LogP contribution in [0, 0.1) is 12.8 Å². The molecule has 6 heteroatoms. The largest absolute Gasteiger partial charge is 0.354 e. The van der Waals surface area contributed by atoms with Gasteiger partial charge in [-0.3, -0.25) is 9.59 Å². The minimum atomic E-state index is -0.423. The fourth-order valence-corrected chi connectivity index (χ4v) is 3.16. The van der Waals surface area contributed by atoms with E-state index >= 15 is 0 Å². The Hall–Kier alpha value is -1.59. The van der Waals surface area contributed by atoms with Crippen LogP contribution in [0.1, 0.15) is 48.5 Å². The first-order chi connectivity index (χ1) is 10.9. The number of amides is 2. The summed E-state index contributed by atoms with van der Waals surface area (Å²) in [7, 11) is 0. The molecule has 0 aromatic heterocycles. The quantitative estimate of drug-likeness (QED) is 0.709. The van der Waals surface area contributed by atoms with Crippen LogP contribution in [0.5, 0.6) is 0 Å². The highest BCUT2D eigenvalue weighted by Crippen LogP contribution is 2.31. The van der Waals surface area contributed by atoms with Gasteiger partial charge in [0.25, 0.3) is 5.91 Å². The number of rotatable bonds is 5. The first-order valence-electron chi connectivity index (χ1n) is 8.31. The molecule has 1 aliphatic rings. The van der Waals surface area contributed by atoms with E-state index in [4.69, 9.17) is 5.73 Å². The highest BCUT2D eigenvalue weighted by Gasteiger charge is 2.37. The van der Waals surface area contributed by atoms with Crippen molar-refractivity contribution in [3.63, 3.8) is 0 Å². The third kappa shape index (κ3) is 5.49. The molecule has 134 valence electrons. The number of benzene rings is 1. The van der Waals surface area contributed by atoms with Gasteiger partial charge in [-0.05, 0) is 38.8 Å². The lowest BCUT2D eigenvalue weighted by molar-refractivity contribution is -0.128. The van der Waals surface area contributed by atoms with Crippen molar-refractivity contribution in [3.8, 4) is 0 Å². The van der Waals surface area contributed by atoms with E-state index in [1.807, 2.05) is 32.0 Å². The number of nitrogens with two attached hydrogens (primary N) is 1. The highest BCUT2D eigenvalue weighted by atomic mass is 35.5. The van der Waals surface area contributed by atoms with Crippen molar-refractivity contribution in [2.24, 2.45) is 11.7 Å². The minimum Gasteiger partial charge on any atom is -0.354 e. The zero-order valence-electron chi connectivity index (χ0n) is 14.4. The third-order valence-electron chi connectivity index (χ3n) is 4.56.